The summed E-state index contributed by atoms with van der Waals surface area (Å²) in [6.07, 6.45) is -3.93. The Morgan fingerprint density at radius 3 is 2.50 bits per heavy atom. The van der Waals surface area contributed by atoms with Crippen molar-refractivity contribution in [2.24, 2.45) is 0 Å². The van der Waals surface area contributed by atoms with Crippen LogP contribution in [-0.4, -0.2) is 16.3 Å². The molecule has 0 amide bonds. The van der Waals surface area contributed by atoms with Gasteiger partial charge in [0.25, 0.3) is 5.69 Å². The second-order valence-corrected chi connectivity index (χ2v) is 3.96. The average Bonchev–Trinajstić information content (AvgIpc) is 2.41. The number of alkyl halides is 3. The van der Waals surface area contributed by atoms with Crippen molar-refractivity contribution in [3.05, 3.63) is 46.6 Å². The molecule has 0 bridgehead atoms. The maximum atomic E-state index is 12.2. The first-order valence-electron chi connectivity index (χ1n) is 5.68. The summed E-state index contributed by atoms with van der Waals surface area (Å²) in [5.41, 5.74) is 4.91. The first kappa shape index (κ1) is 15.4. The number of pyridine rings is 1. The molecule has 0 radical (unpaired) electrons. The molecule has 0 saturated carbocycles. The first-order chi connectivity index (χ1) is 10.2. The molecule has 1 aromatic carbocycles. The van der Waals surface area contributed by atoms with E-state index in [0.717, 1.165) is 18.3 Å². The number of nitrogen functional groups attached to an aromatic ring is 1. The molecule has 0 aliphatic rings. The van der Waals surface area contributed by atoms with Crippen LogP contribution < -0.4 is 15.2 Å². The number of anilines is 1. The average molecular weight is 315 g/mol. The van der Waals surface area contributed by atoms with Crippen LogP contribution in [0.15, 0.2) is 36.5 Å². The van der Waals surface area contributed by atoms with E-state index in [1.165, 1.54) is 18.2 Å². The van der Waals surface area contributed by atoms with Gasteiger partial charge in [-0.15, -0.1) is 13.2 Å². The van der Waals surface area contributed by atoms with Crippen molar-refractivity contribution in [2.45, 2.75) is 6.36 Å². The zero-order valence-corrected chi connectivity index (χ0v) is 10.7. The Morgan fingerprint density at radius 2 is 1.95 bits per heavy atom. The number of rotatable bonds is 4. The summed E-state index contributed by atoms with van der Waals surface area (Å²) in [5.74, 6) is -0.671. The second-order valence-electron chi connectivity index (χ2n) is 3.96. The molecule has 1 heterocycles. The Balaban J connectivity index is 2.19. The summed E-state index contributed by atoms with van der Waals surface area (Å²) in [5, 5.41) is 10.5. The SMILES string of the molecule is Nc1ccc(Oc2ccc([N+](=O)[O-])cn2)cc1OC(F)(F)F. The smallest absolute Gasteiger partial charge is 0.439 e. The Hall–Kier alpha value is -3.04. The molecule has 0 saturated heterocycles. The van der Waals surface area contributed by atoms with Gasteiger partial charge in [0, 0.05) is 18.2 Å². The minimum atomic E-state index is -4.89. The molecule has 0 atom stereocenters. The van der Waals surface area contributed by atoms with Crippen LogP contribution in [0.3, 0.4) is 0 Å². The highest BCUT2D eigenvalue weighted by Gasteiger charge is 2.32. The van der Waals surface area contributed by atoms with Gasteiger partial charge < -0.3 is 15.2 Å². The quantitative estimate of drug-likeness (QED) is 0.528. The summed E-state index contributed by atoms with van der Waals surface area (Å²) in [6, 6.07) is 5.76. The molecule has 1 aromatic heterocycles. The van der Waals surface area contributed by atoms with Crippen LogP contribution in [0.4, 0.5) is 24.5 Å². The van der Waals surface area contributed by atoms with Gasteiger partial charge >= 0.3 is 6.36 Å². The Bertz CT molecular complexity index is 689. The van der Waals surface area contributed by atoms with Crippen molar-refractivity contribution in [2.75, 3.05) is 5.73 Å². The van der Waals surface area contributed by atoms with E-state index in [1.54, 1.807) is 0 Å². The number of nitrogens with zero attached hydrogens (tertiary/aromatic N) is 2. The van der Waals surface area contributed by atoms with Gasteiger partial charge in [-0.05, 0) is 12.1 Å². The van der Waals surface area contributed by atoms with Gasteiger partial charge in [-0.1, -0.05) is 0 Å². The zero-order chi connectivity index (χ0) is 16.3. The molecule has 0 aliphatic carbocycles. The fraction of sp³-hybridized carbons (Fsp3) is 0.0833. The molecule has 2 aromatic rings. The van der Waals surface area contributed by atoms with Gasteiger partial charge in [0.15, 0.2) is 5.75 Å². The fourth-order valence-corrected chi connectivity index (χ4v) is 1.45. The second kappa shape index (κ2) is 5.76. The Kier molecular flexibility index (Phi) is 4.02. The van der Waals surface area contributed by atoms with Crippen LogP contribution in [0.2, 0.25) is 0 Å². The van der Waals surface area contributed by atoms with E-state index in [4.69, 9.17) is 10.5 Å². The van der Waals surface area contributed by atoms with Crippen molar-refractivity contribution < 1.29 is 27.6 Å². The zero-order valence-electron chi connectivity index (χ0n) is 10.7. The van der Waals surface area contributed by atoms with E-state index < -0.39 is 17.0 Å². The minimum absolute atomic E-state index is 0.0187. The summed E-state index contributed by atoms with van der Waals surface area (Å²) in [4.78, 5) is 13.5. The molecule has 2 rings (SSSR count). The van der Waals surface area contributed by atoms with Crippen molar-refractivity contribution >= 4 is 11.4 Å². The number of ether oxygens (including phenoxy) is 2. The maximum Gasteiger partial charge on any atom is 0.573 e. The molecule has 7 nitrogen and oxygen atoms in total. The number of halogens is 3. The van der Waals surface area contributed by atoms with Crippen LogP contribution in [0.25, 0.3) is 0 Å². The lowest BCUT2D eigenvalue weighted by molar-refractivity contribution is -0.385. The van der Waals surface area contributed by atoms with Crippen LogP contribution in [0, 0.1) is 10.1 Å². The topological polar surface area (TPSA) is 101 Å². The van der Waals surface area contributed by atoms with E-state index >= 15 is 0 Å². The molecule has 2 N–H and O–H groups in total. The van der Waals surface area contributed by atoms with Crippen LogP contribution in [0.5, 0.6) is 17.4 Å². The molecule has 0 aliphatic heterocycles. The molecule has 0 spiro atoms. The molecular weight excluding hydrogens is 307 g/mol. The fourth-order valence-electron chi connectivity index (χ4n) is 1.45. The van der Waals surface area contributed by atoms with Crippen LogP contribution >= 0.6 is 0 Å². The van der Waals surface area contributed by atoms with E-state index in [-0.39, 0.29) is 23.0 Å². The van der Waals surface area contributed by atoms with E-state index in [9.17, 15) is 23.3 Å². The number of hydrogen-bond donors (Lipinski definition) is 1. The monoisotopic (exact) mass is 315 g/mol. The summed E-state index contributed by atoms with van der Waals surface area (Å²) >= 11 is 0. The van der Waals surface area contributed by atoms with Crippen molar-refractivity contribution in [3.8, 4) is 17.4 Å². The van der Waals surface area contributed by atoms with Gasteiger partial charge in [0.1, 0.15) is 11.9 Å². The number of benzene rings is 1. The van der Waals surface area contributed by atoms with Gasteiger partial charge in [-0.25, -0.2) is 4.98 Å². The molecular formula is C12H8F3N3O4. The molecule has 0 unspecified atom stereocenters. The van der Waals surface area contributed by atoms with Crippen LogP contribution in [0.1, 0.15) is 0 Å². The van der Waals surface area contributed by atoms with Gasteiger partial charge in [-0.2, -0.15) is 0 Å². The predicted octanol–water partition coefficient (Wildman–Crippen LogP) is 3.26. The number of aromatic nitrogens is 1. The lowest BCUT2D eigenvalue weighted by Crippen LogP contribution is -2.18. The Morgan fingerprint density at radius 1 is 1.23 bits per heavy atom. The maximum absolute atomic E-state index is 12.2. The van der Waals surface area contributed by atoms with Gasteiger partial charge in [-0.3, -0.25) is 10.1 Å². The van der Waals surface area contributed by atoms with E-state index in [1.807, 2.05) is 0 Å². The van der Waals surface area contributed by atoms with E-state index in [0.29, 0.717) is 0 Å². The van der Waals surface area contributed by atoms with Crippen molar-refractivity contribution in [1.29, 1.82) is 0 Å². The van der Waals surface area contributed by atoms with E-state index in [2.05, 4.69) is 9.72 Å². The summed E-state index contributed by atoms with van der Waals surface area (Å²) < 4.78 is 45.5. The Labute approximate surface area is 121 Å². The highest BCUT2D eigenvalue weighted by Crippen LogP contribution is 2.33. The third kappa shape index (κ3) is 3.98. The molecule has 10 heteroatoms. The first-order valence-corrected chi connectivity index (χ1v) is 5.68. The largest absolute Gasteiger partial charge is 0.573 e. The van der Waals surface area contributed by atoms with Gasteiger partial charge in [0.05, 0.1) is 10.6 Å². The summed E-state index contributed by atoms with van der Waals surface area (Å²) in [7, 11) is 0. The highest BCUT2D eigenvalue weighted by atomic mass is 19.4. The van der Waals surface area contributed by atoms with Gasteiger partial charge in [0.2, 0.25) is 5.88 Å². The lowest BCUT2D eigenvalue weighted by Gasteiger charge is -2.12. The number of nitrogens with two attached hydrogens (primary N) is 1. The molecule has 116 valence electrons. The van der Waals surface area contributed by atoms with Crippen LogP contribution in [-0.2, 0) is 0 Å². The summed E-state index contributed by atoms with van der Waals surface area (Å²) in [6.45, 7) is 0. The predicted molar refractivity (Wildman–Crippen MR) is 68.5 cm³/mol. The number of hydrogen-bond acceptors (Lipinski definition) is 6. The standard InChI is InChI=1S/C12H8F3N3O4/c13-12(14,15)22-10-5-8(2-3-9(10)16)21-11-4-1-7(6-17-11)18(19)20/h1-6H,16H2. The normalized spacial score (nSPS) is 11.0. The van der Waals surface area contributed by atoms with Crippen molar-refractivity contribution in [3.63, 3.8) is 0 Å². The third-order valence-corrected chi connectivity index (χ3v) is 2.36. The lowest BCUT2D eigenvalue weighted by atomic mass is 10.3. The number of nitro groups is 1. The highest BCUT2D eigenvalue weighted by molar-refractivity contribution is 5.56. The third-order valence-electron chi connectivity index (χ3n) is 2.36. The molecule has 22 heavy (non-hydrogen) atoms. The minimum Gasteiger partial charge on any atom is -0.439 e. The molecule has 0 fully saturated rings. The van der Waals surface area contributed by atoms with Crippen molar-refractivity contribution in [1.82, 2.24) is 4.98 Å².